The van der Waals surface area contributed by atoms with Gasteiger partial charge in [0.25, 0.3) is 15.6 Å². The van der Waals surface area contributed by atoms with Crippen LogP contribution in [-0.2, 0) is 10.0 Å². The second-order valence-corrected chi connectivity index (χ2v) is 8.99. The van der Waals surface area contributed by atoms with E-state index in [2.05, 4.69) is 9.71 Å². The van der Waals surface area contributed by atoms with Crippen LogP contribution in [0.15, 0.2) is 76.4 Å². The molecule has 1 heterocycles. The average molecular weight is 440 g/mol. The molecule has 0 radical (unpaired) electrons. The lowest BCUT2D eigenvalue weighted by Gasteiger charge is -2.14. The summed E-state index contributed by atoms with van der Waals surface area (Å²) in [6.45, 7) is 3.54. The Bertz CT molecular complexity index is 1450. The topological polar surface area (TPSA) is 81.1 Å². The molecule has 0 amide bonds. The molecule has 0 aliphatic rings. The Morgan fingerprint density at radius 3 is 2.50 bits per heavy atom. The van der Waals surface area contributed by atoms with Crippen molar-refractivity contribution in [2.24, 2.45) is 0 Å². The predicted octanol–water partition coefficient (Wildman–Crippen LogP) is 4.46. The molecule has 1 N–H and O–H groups in total. The van der Waals surface area contributed by atoms with Crippen LogP contribution >= 0.6 is 11.6 Å². The fourth-order valence-electron chi connectivity index (χ4n) is 3.26. The Hall–Kier alpha value is -3.16. The molecule has 4 aromatic rings. The maximum Gasteiger partial charge on any atom is 0.265 e. The van der Waals surface area contributed by atoms with Gasteiger partial charge in [0.15, 0.2) is 0 Å². The van der Waals surface area contributed by atoms with Crippen molar-refractivity contribution in [3.8, 4) is 5.69 Å². The van der Waals surface area contributed by atoms with Crippen LogP contribution < -0.4 is 10.3 Å². The van der Waals surface area contributed by atoms with Crippen LogP contribution in [0, 0.1) is 13.8 Å². The molecule has 152 valence electrons. The Kier molecular flexibility index (Phi) is 5.09. The largest absolute Gasteiger partial charge is 0.278 e. The number of benzene rings is 3. The van der Waals surface area contributed by atoms with E-state index in [9.17, 15) is 13.2 Å². The first-order valence-corrected chi connectivity index (χ1v) is 11.0. The van der Waals surface area contributed by atoms with E-state index in [1.807, 2.05) is 19.1 Å². The lowest BCUT2D eigenvalue weighted by Crippen LogP contribution is -2.22. The number of fused-ring (bicyclic) bond motifs is 1. The number of aromatic nitrogens is 2. The summed E-state index contributed by atoms with van der Waals surface area (Å²) in [5, 5.41) is 0.689. The van der Waals surface area contributed by atoms with Gasteiger partial charge in [-0.25, -0.2) is 13.4 Å². The second-order valence-electron chi connectivity index (χ2n) is 6.90. The molecule has 0 aliphatic heterocycles. The van der Waals surface area contributed by atoms with E-state index in [4.69, 9.17) is 11.6 Å². The van der Waals surface area contributed by atoms with Crippen molar-refractivity contribution in [3.05, 3.63) is 93.5 Å². The fourth-order valence-corrected chi connectivity index (χ4v) is 4.66. The van der Waals surface area contributed by atoms with Crippen molar-refractivity contribution >= 4 is 38.2 Å². The maximum atomic E-state index is 13.0. The Balaban J connectivity index is 1.82. The van der Waals surface area contributed by atoms with Crippen LogP contribution in [0.2, 0.25) is 5.02 Å². The van der Waals surface area contributed by atoms with Gasteiger partial charge in [0.05, 0.1) is 32.2 Å². The molecule has 0 unspecified atom stereocenters. The Morgan fingerprint density at radius 2 is 1.73 bits per heavy atom. The quantitative estimate of drug-likeness (QED) is 0.509. The summed E-state index contributed by atoms with van der Waals surface area (Å²) in [7, 11) is -3.85. The van der Waals surface area contributed by atoms with Crippen molar-refractivity contribution in [2.45, 2.75) is 18.7 Å². The van der Waals surface area contributed by atoms with E-state index in [1.165, 1.54) is 16.7 Å². The first-order valence-electron chi connectivity index (χ1n) is 9.14. The van der Waals surface area contributed by atoms with E-state index in [0.29, 0.717) is 22.4 Å². The van der Waals surface area contributed by atoms with E-state index in [1.54, 1.807) is 49.4 Å². The zero-order valence-electron chi connectivity index (χ0n) is 16.3. The standard InChI is InChI=1S/C22H18ClN3O3S/c1-14-6-5-7-17(12-14)30(28,29)25-21-13-16(10-11-19(21)23)26-15(2)24-20-9-4-3-8-18(20)22(26)27/h3-13,25H,1-2H3. The highest BCUT2D eigenvalue weighted by Gasteiger charge is 2.17. The number of para-hydroxylation sites is 1. The monoisotopic (exact) mass is 439 g/mol. The minimum Gasteiger partial charge on any atom is -0.278 e. The lowest BCUT2D eigenvalue weighted by atomic mass is 10.2. The minimum atomic E-state index is -3.85. The van der Waals surface area contributed by atoms with Gasteiger partial charge in [-0.05, 0) is 61.9 Å². The van der Waals surface area contributed by atoms with Gasteiger partial charge >= 0.3 is 0 Å². The fraction of sp³-hybridized carbons (Fsp3) is 0.0909. The number of nitrogens with zero attached hydrogens (tertiary/aromatic N) is 2. The van der Waals surface area contributed by atoms with E-state index >= 15 is 0 Å². The summed E-state index contributed by atoms with van der Waals surface area (Å²) < 4.78 is 29.6. The first-order chi connectivity index (χ1) is 14.3. The highest BCUT2D eigenvalue weighted by Crippen LogP contribution is 2.28. The third-order valence-electron chi connectivity index (χ3n) is 4.70. The van der Waals surface area contributed by atoms with Crippen LogP contribution in [0.3, 0.4) is 0 Å². The number of rotatable bonds is 4. The van der Waals surface area contributed by atoms with Crippen molar-refractivity contribution in [3.63, 3.8) is 0 Å². The number of aryl methyl sites for hydroxylation is 2. The van der Waals surface area contributed by atoms with Crippen LogP contribution in [0.4, 0.5) is 5.69 Å². The van der Waals surface area contributed by atoms with Crippen molar-refractivity contribution in [2.75, 3.05) is 4.72 Å². The highest BCUT2D eigenvalue weighted by atomic mass is 35.5. The molecule has 30 heavy (non-hydrogen) atoms. The number of sulfonamides is 1. The summed E-state index contributed by atoms with van der Waals surface area (Å²) in [5.41, 5.74) is 1.82. The summed E-state index contributed by atoms with van der Waals surface area (Å²) in [4.78, 5) is 17.7. The molecular formula is C22H18ClN3O3S. The number of hydrogen-bond acceptors (Lipinski definition) is 4. The normalized spacial score (nSPS) is 11.6. The van der Waals surface area contributed by atoms with Crippen LogP contribution in [0.5, 0.6) is 0 Å². The summed E-state index contributed by atoms with van der Waals surface area (Å²) in [5.74, 6) is 0.480. The second kappa shape index (κ2) is 7.59. The average Bonchev–Trinajstić information content (AvgIpc) is 2.70. The molecule has 0 spiro atoms. The molecule has 8 heteroatoms. The molecule has 6 nitrogen and oxygen atoms in total. The number of hydrogen-bond donors (Lipinski definition) is 1. The molecule has 0 bridgehead atoms. The van der Waals surface area contributed by atoms with Crippen LogP contribution in [0.25, 0.3) is 16.6 Å². The van der Waals surface area contributed by atoms with Crippen LogP contribution in [-0.4, -0.2) is 18.0 Å². The number of anilines is 1. The summed E-state index contributed by atoms with van der Waals surface area (Å²) in [6, 6.07) is 18.4. The SMILES string of the molecule is Cc1cccc(S(=O)(=O)Nc2cc(-n3c(C)nc4ccccc4c3=O)ccc2Cl)c1. The maximum absolute atomic E-state index is 13.0. The van der Waals surface area contributed by atoms with Crippen molar-refractivity contribution in [1.29, 1.82) is 0 Å². The van der Waals surface area contributed by atoms with Gasteiger partial charge in [0.1, 0.15) is 5.82 Å². The van der Waals surface area contributed by atoms with Crippen molar-refractivity contribution in [1.82, 2.24) is 9.55 Å². The van der Waals surface area contributed by atoms with Gasteiger partial charge < -0.3 is 0 Å². The summed E-state index contributed by atoms with van der Waals surface area (Å²) in [6.07, 6.45) is 0. The van der Waals surface area contributed by atoms with E-state index in [0.717, 1.165) is 5.56 Å². The van der Waals surface area contributed by atoms with Crippen molar-refractivity contribution < 1.29 is 8.42 Å². The molecule has 1 aromatic heterocycles. The first kappa shape index (κ1) is 20.1. The predicted molar refractivity (Wildman–Crippen MR) is 119 cm³/mol. The zero-order valence-corrected chi connectivity index (χ0v) is 17.8. The minimum absolute atomic E-state index is 0.129. The zero-order chi connectivity index (χ0) is 21.5. The van der Waals surface area contributed by atoms with Gasteiger partial charge in [-0.1, -0.05) is 35.9 Å². The molecule has 0 fully saturated rings. The van der Waals surface area contributed by atoms with Gasteiger partial charge in [0.2, 0.25) is 0 Å². The molecule has 0 aliphatic carbocycles. The van der Waals surface area contributed by atoms with Gasteiger partial charge in [-0.3, -0.25) is 14.1 Å². The molecule has 0 saturated heterocycles. The Labute approximate surface area is 178 Å². The third-order valence-corrected chi connectivity index (χ3v) is 6.39. The lowest BCUT2D eigenvalue weighted by molar-refractivity contribution is 0.601. The third kappa shape index (κ3) is 3.69. The highest BCUT2D eigenvalue weighted by molar-refractivity contribution is 7.92. The molecule has 3 aromatic carbocycles. The molecule has 0 atom stereocenters. The van der Waals surface area contributed by atoms with Gasteiger partial charge in [-0.15, -0.1) is 0 Å². The van der Waals surface area contributed by atoms with Gasteiger partial charge in [0, 0.05) is 0 Å². The van der Waals surface area contributed by atoms with Crippen LogP contribution in [0.1, 0.15) is 11.4 Å². The summed E-state index contributed by atoms with van der Waals surface area (Å²) >= 11 is 6.25. The number of nitrogens with one attached hydrogen (secondary N) is 1. The Morgan fingerprint density at radius 1 is 0.967 bits per heavy atom. The molecule has 0 saturated carbocycles. The smallest absolute Gasteiger partial charge is 0.265 e. The number of halogens is 1. The molecular weight excluding hydrogens is 422 g/mol. The molecule has 4 rings (SSSR count). The van der Waals surface area contributed by atoms with E-state index in [-0.39, 0.29) is 21.2 Å². The van der Waals surface area contributed by atoms with E-state index < -0.39 is 10.0 Å². The van der Waals surface area contributed by atoms with Gasteiger partial charge in [-0.2, -0.15) is 0 Å².